The molecule has 0 saturated carbocycles. The van der Waals surface area contributed by atoms with Crippen LogP contribution in [-0.2, 0) is 4.79 Å². The Balaban J connectivity index is 2.59. The molecule has 1 aromatic rings. The van der Waals surface area contributed by atoms with Gasteiger partial charge in [0.2, 0.25) is 5.91 Å². The zero-order chi connectivity index (χ0) is 8.97. The Morgan fingerprint density at radius 2 is 2.50 bits per heavy atom. The average molecular weight is 187 g/mol. The first kappa shape index (κ1) is 9.13. The van der Waals surface area contributed by atoms with Crippen LogP contribution in [0.3, 0.4) is 0 Å². The van der Waals surface area contributed by atoms with Crippen molar-refractivity contribution in [2.45, 2.75) is 6.42 Å². The van der Waals surface area contributed by atoms with E-state index in [1.807, 2.05) is 12.1 Å². The number of rotatable bonds is 3. The summed E-state index contributed by atoms with van der Waals surface area (Å²) in [7, 11) is 1.72. The zero-order valence-corrected chi connectivity index (χ0v) is 7.64. The molecule has 4 heteroatoms. The quantitative estimate of drug-likeness (QED) is 0.716. The molecule has 0 bridgehead atoms. The Morgan fingerprint density at radius 1 is 1.75 bits per heavy atom. The lowest BCUT2D eigenvalue weighted by Crippen LogP contribution is -2.26. The summed E-state index contributed by atoms with van der Waals surface area (Å²) in [4.78, 5) is 15.8. The van der Waals surface area contributed by atoms with E-state index >= 15 is 0 Å². The van der Waals surface area contributed by atoms with Crippen molar-refractivity contribution in [1.29, 1.82) is 0 Å². The van der Waals surface area contributed by atoms with Gasteiger partial charge in [-0.3, -0.25) is 4.79 Å². The van der Waals surface area contributed by atoms with E-state index in [0.29, 0.717) is 12.3 Å². The molecule has 0 aliphatic rings. The van der Waals surface area contributed by atoms with Gasteiger partial charge in [0, 0.05) is 25.5 Å². The van der Waals surface area contributed by atoms with Crippen LogP contribution in [0.1, 0.15) is 6.42 Å². The number of alkyl halides is 1. The number of hydrogen-bond acceptors (Lipinski definition) is 1. The van der Waals surface area contributed by atoms with Crippen molar-refractivity contribution in [2.24, 2.45) is 0 Å². The highest BCUT2D eigenvalue weighted by Crippen LogP contribution is 2.08. The second kappa shape index (κ2) is 4.16. The molecular formula is C8H11ClN2O. The third-order valence-corrected chi connectivity index (χ3v) is 1.81. The number of halogens is 1. The minimum atomic E-state index is 0.0208. The maximum Gasteiger partial charge on any atom is 0.229 e. The minimum Gasteiger partial charge on any atom is -0.348 e. The van der Waals surface area contributed by atoms with Gasteiger partial charge in [0.15, 0.2) is 0 Å². The molecule has 0 fully saturated rings. The van der Waals surface area contributed by atoms with Gasteiger partial charge < -0.3 is 9.88 Å². The van der Waals surface area contributed by atoms with Crippen molar-refractivity contribution in [2.75, 3.05) is 17.8 Å². The summed E-state index contributed by atoms with van der Waals surface area (Å²) in [6.07, 6.45) is 2.15. The molecule has 0 aliphatic carbocycles. The maximum absolute atomic E-state index is 11.3. The van der Waals surface area contributed by atoms with Crippen LogP contribution in [-0.4, -0.2) is 23.8 Å². The highest BCUT2D eigenvalue weighted by atomic mass is 35.5. The summed E-state index contributed by atoms with van der Waals surface area (Å²) in [5.41, 5.74) is 0. The number of nitrogens with one attached hydrogen (secondary N) is 1. The van der Waals surface area contributed by atoms with Crippen LogP contribution in [0.25, 0.3) is 0 Å². The third kappa shape index (κ3) is 2.01. The van der Waals surface area contributed by atoms with Gasteiger partial charge in [0.1, 0.15) is 5.82 Å². The molecule has 1 heterocycles. The molecular weight excluding hydrogens is 176 g/mol. The number of H-pyrrole nitrogens is 1. The van der Waals surface area contributed by atoms with Crippen molar-refractivity contribution in [1.82, 2.24) is 4.98 Å². The Hall–Kier alpha value is -0.960. The number of amides is 1. The van der Waals surface area contributed by atoms with Gasteiger partial charge in [-0.1, -0.05) is 0 Å². The molecule has 3 nitrogen and oxygen atoms in total. The van der Waals surface area contributed by atoms with Crippen molar-refractivity contribution in [3.63, 3.8) is 0 Å². The first-order valence-electron chi connectivity index (χ1n) is 3.71. The molecule has 1 rings (SSSR count). The predicted molar refractivity (Wildman–Crippen MR) is 49.5 cm³/mol. The monoisotopic (exact) mass is 186 g/mol. The lowest BCUT2D eigenvalue weighted by Gasteiger charge is -2.13. The van der Waals surface area contributed by atoms with Crippen LogP contribution < -0.4 is 4.90 Å². The summed E-state index contributed by atoms with van der Waals surface area (Å²) >= 11 is 5.44. The smallest absolute Gasteiger partial charge is 0.229 e. The first-order chi connectivity index (χ1) is 5.75. The Kier molecular flexibility index (Phi) is 3.17. The van der Waals surface area contributed by atoms with Gasteiger partial charge in [0.05, 0.1) is 0 Å². The SMILES string of the molecule is CN(C(=O)CCCl)c1ccc[nH]1. The number of hydrogen-bond donors (Lipinski definition) is 1. The highest BCUT2D eigenvalue weighted by molar-refractivity contribution is 6.19. The van der Waals surface area contributed by atoms with Gasteiger partial charge in [0.25, 0.3) is 0 Å². The lowest BCUT2D eigenvalue weighted by molar-refractivity contribution is -0.117. The Bertz CT molecular complexity index is 246. The van der Waals surface area contributed by atoms with Gasteiger partial charge in [-0.25, -0.2) is 0 Å². The Labute approximate surface area is 76.3 Å². The lowest BCUT2D eigenvalue weighted by atomic mass is 10.4. The van der Waals surface area contributed by atoms with E-state index in [-0.39, 0.29) is 5.91 Å². The minimum absolute atomic E-state index is 0.0208. The van der Waals surface area contributed by atoms with Crippen LogP contribution in [0.5, 0.6) is 0 Å². The van der Waals surface area contributed by atoms with Crippen molar-refractivity contribution in [3.05, 3.63) is 18.3 Å². The molecule has 0 spiro atoms. The summed E-state index contributed by atoms with van der Waals surface area (Å²) < 4.78 is 0. The molecule has 0 radical (unpaired) electrons. The van der Waals surface area contributed by atoms with Crippen molar-refractivity contribution >= 4 is 23.3 Å². The summed E-state index contributed by atoms with van der Waals surface area (Å²) in [6.45, 7) is 0. The van der Waals surface area contributed by atoms with Crippen LogP contribution >= 0.6 is 11.6 Å². The largest absolute Gasteiger partial charge is 0.348 e. The van der Waals surface area contributed by atoms with E-state index in [1.165, 1.54) is 0 Å². The van der Waals surface area contributed by atoms with Crippen LogP contribution in [0.4, 0.5) is 5.82 Å². The molecule has 1 aromatic heterocycles. The van der Waals surface area contributed by atoms with Crippen LogP contribution in [0.2, 0.25) is 0 Å². The molecule has 66 valence electrons. The summed E-state index contributed by atoms with van der Waals surface area (Å²) in [6, 6.07) is 3.69. The van der Waals surface area contributed by atoms with E-state index in [0.717, 1.165) is 5.82 Å². The molecule has 0 unspecified atom stereocenters. The topological polar surface area (TPSA) is 36.1 Å². The second-order valence-electron chi connectivity index (χ2n) is 2.45. The zero-order valence-electron chi connectivity index (χ0n) is 6.88. The van der Waals surface area contributed by atoms with Crippen LogP contribution in [0.15, 0.2) is 18.3 Å². The number of carbonyl (C=O) groups is 1. The molecule has 0 atom stereocenters. The van der Waals surface area contributed by atoms with E-state index in [9.17, 15) is 4.79 Å². The number of nitrogens with zero attached hydrogens (tertiary/aromatic N) is 1. The highest BCUT2D eigenvalue weighted by Gasteiger charge is 2.09. The average Bonchev–Trinajstić information content (AvgIpc) is 2.55. The normalized spacial score (nSPS) is 9.83. The Morgan fingerprint density at radius 3 is 3.00 bits per heavy atom. The van der Waals surface area contributed by atoms with E-state index in [4.69, 9.17) is 11.6 Å². The van der Waals surface area contributed by atoms with Crippen molar-refractivity contribution < 1.29 is 4.79 Å². The number of aromatic nitrogens is 1. The number of anilines is 1. The summed E-state index contributed by atoms with van der Waals surface area (Å²) in [5.74, 6) is 1.18. The fourth-order valence-corrected chi connectivity index (χ4v) is 1.07. The number of aromatic amines is 1. The molecule has 0 aromatic carbocycles. The van der Waals surface area contributed by atoms with E-state index < -0.39 is 0 Å². The molecule has 1 amide bonds. The van der Waals surface area contributed by atoms with E-state index in [1.54, 1.807) is 18.1 Å². The van der Waals surface area contributed by atoms with Gasteiger partial charge >= 0.3 is 0 Å². The summed E-state index contributed by atoms with van der Waals surface area (Å²) in [5, 5.41) is 0. The molecule has 0 saturated heterocycles. The predicted octanol–water partition coefficient (Wildman–Crippen LogP) is 1.61. The molecule has 0 aliphatic heterocycles. The second-order valence-corrected chi connectivity index (χ2v) is 2.83. The van der Waals surface area contributed by atoms with Crippen molar-refractivity contribution in [3.8, 4) is 0 Å². The number of carbonyl (C=O) groups excluding carboxylic acids is 1. The van der Waals surface area contributed by atoms with Gasteiger partial charge in [-0.15, -0.1) is 11.6 Å². The fraction of sp³-hybridized carbons (Fsp3) is 0.375. The standard InChI is InChI=1S/C8H11ClN2O/c1-11(8(12)4-5-9)7-3-2-6-10-7/h2-3,6,10H,4-5H2,1H3. The van der Waals surface area contributed by atoms with Gasteiger partial charge in [-0.2, -0.15) is 0 Å². The maximum atomic E-state index is 11.3. The fourth-order valence-electron chi connectivity index (χ4n) is 0.912. The molecule has 12 heavy (non-hydrogen) atoms. The first-order valence-corrected chi connectivity index (χ1v) is 4.25. The van der Waals surface area contributed by atoms with Gasteiger partial charge in [-0.05, 0) is 12.1 Å². The van der Waals surface area contributed by atoms with Crippen LogP contribution in [0, 0.1) is 0 Å². The molecule has 1 N–H and O–H groups in total. The van der Waals surface area contributed by atoms with E-state index in [2.05, 4.69) is 4.98 Å². The third-order valence-electron chi connectivity index (χ3n) is 1.63.